The van der Waals surface area contributed by atoms with E-state index in [1.807, 2.05) is 24.3 Å². The number of carbonyl (C=O) groups is 1. The van der Waals surface area contributed by atoms with E-state index in [2.05, 4.69) is 45.9 Å². The lowest BCUT2D eigenvalue weighted by Gasteiger charge is -2.33. The first-order valence-corrected chi connectivity index (χ1v) is 11.3. The molecule has 6 rings (SSSR count). The maximum Gasteiger partial charge on any atom is 0.307 e. The molecule has 5 nitrogen and oxygen atoms in total. The van der Waals surface area contributed by atoms with E-state index in [0.717, 1.165) is 65.2 Å². The lowest BCUT2D eigenvalue weighted by Crippen LogP contribution is -2.40. The van der Waals surface area contributed by atoms with Crippen LogP contribution in [0.15, 0.2) is 65.1 Å². The topological polar surface area (TPSA) is 56.7 Å². The Hall–Kier alpha value is -3.60. The maximum absolute atomic E-state index is 11.6. The van der Waals surface area contributed by atoms with Gasteiger partial charge in [-0.25, -0.2) is 4.58 Å². The number of carboxylic acid groups (broad SMARTS) is 1. The predicted octanol–water partition coefficient (Wildman–Crippen LogP) is 4.22. The average Bonchev–Trinajstić information content (AvgIpc) is 2.69. The molecule has 0 radical (unpaired) electrons. The molecule has 2 saturated heterocycles. The van der Waals surface area contributed by atoms with Crippen molar-refractivity contribution in [1.29, 1.82) is 0 Å². The van der Waals surface area contributed by atoms with Crippen molar-refractivity contribution >= 4 is 22.6 Å². The lowest BCUT2D eigenvalue weighted by atomic mass is 9.89. The Kier molecular flexibility index (Phi) is 4.49. The second-order valence-electron chi connectivity index (χ2n) is 8.75. The molecule has 0 spiro atoms. The molecule has 3 heterocycles. The molecule has 0 aromatic heterocycles. The van der Waals surface area contributed by atoms with Crippen molar-refractivity contribution in [2.45, 2.75) is 19.3 Å². The van der Waals surface area contributed by atoms with Gasteiger partial charge in [-0.15, -0.1) is 0 Å². The third-order valence-electron chi connectivity index (χ3n) is 6.76. The molecule has 2 fully saturated rings. The van der Waals surface area contributed by atoms with Crippen LogP contribution in [0.25, 0.3) is 33.4 Å². The number of carboxylic acids is 1. The molecule has 0 bridgehead atoms. The van der Waals surface area contributed by atoms with Gasteiger partial charge >= 0.3 is 5.97 Å². The molecule has 1 N–H and O–H groups in total. The number of aliphatic carboxylic acids is 1. The highest BCUT2D eigenvalue weighted by Gasteiger charge is 2.23. The largest absolute Gasteiger partial charge is 0.481 e. The Balaban J connectivity index is 1.65. The molecular formula is C27H25N2O3+. The molecule has 32 heavy (non-hydrogen) atoms. The van der Waals surface area contributed by atoms with Crippen molar-refractivity contribution in [3.05, 3.63) is 71.6 Å². The second kappa shape index (κ2) is 7.52. The zero-order valence-electron chi connectivity index (χ0n) is 17.9. The highest BCUT2D eigenvalue weighted by atomic mass is 16.4. The molecule has 2 aromatic rings. The van der Waals surface area contributed by atoms with Gasteiger partial charge in [-0.2, -0.15) is 0 Å². The first kappa shape index (κ1) is 19.1. The SMILES string of the molecule is O=C(O)Cc1ccccc1-c1c2ccc(=[N+]3CCC3)cc-2oc2cc(N3CCC3)ccc12. The molecule has 160 valence electrons. The summed E-state index contributed by atoms with van der Waals surface area (Å²) in [6.45, 7) is 4.30. The van der Waals surface area contributed by atoms with Gasteiger partial charge < -0.3 is 14.4 Å². The van der Waals surface area contributed by atoms with E-state index in [0.29, 0.717) is 0 Å². The van der Waals surface area contributed by atoms with Gasteiger partial charge in [-0.05, 0) is 35.7 Å². The molecule has 0 atom stereocenters. The molecule has 0 amide bonds. The molecule has 0 unspecified atom stereocenters. The number of anilines is 1. The first-order valence-electron chi connectivity index (χ1n) is 11.3. The van der Waals surface area contributed by atoms with Crippen LogP contribution in [0.2, 0.25) is 0 Å². The van der Waals surface area contributed by atoms with E-state index in [1.165, 1.54) is 23.9 Å². The molecule has 0 saturated carbocycles. The number of rotatable bonds is 4. The van der Waals surface area contributed by atoms with Crippen molar-refractivity contribution < 1.29 is 14.3 Å². The van der Waals surface area contributed by atoms with Gasteiger partial charge in [0.2, 0.25) is 5.36 Å². The molecule has 3 aliphatic heterocycles. The summed E-state index contributed by atoms with van der Waals surface area (Å²) in [5.74, 6) is 0.00889. The van der Waals surface area contributed by atoms with Crippen LogP contribution < -0.4 is 14.8 Å². The van der Waals surface area contributed by atoms with E-state index in [9.17, 15) is 9.90 Å². The van der Waals surface area contributed by atoms with Gasteiger partial charge in [0.05, 0.1) is 18.9 Å². The quantitative estimate of drug-likeness (QED) is 0.393. The van der Waals surface area contributed by atoms with Crippen molar-refractivity contribution in [2.24, 2.45) is 0 Å². The van der Waals surface area contributed by atoms with E-state index in [-0.39, 0.29) is 6.42 Å². The van der Waals surface area contributed by atoms with Gasteiger partial charge in [0.15, 0.2) is 0 Å². The summed E-state index contributed by atoms with van der Waals surface area (Å²) in [6, 6.07) is 20.6. The van der Waals surface area contributed by atoms with E-state index in [4.69, 9.17) is 4.42 Å². The van der Waals surface area contributed by atoms with Crippen LogP contribution in [-0.2, 0) is 11.2 Å². The van der Waals surface area contributed by atoms with Crippen LogP contribution in [0.4, 0.5) is 5.69 Å². The van der Waals surface area contributed by atoms with Crippen LogP contribution in [0, 0.1) is 0 Å². The van der Waals surface area contributed by atoms with E-state index in [1.54, 1.807) is 0 Å². The smallest absolute Gasteiger partial charge is 0.307 e. The Morgan fingerprint density at radius 2 is 1.81 bits per heavy atom. The van der Waals surface area contributed by atoms with Crippen LogP contribution in [0.5, 0.6) is 0 Å². The number of hydrogen-bond donors (Lipinski definition) is 1. The minimum Gasteiger partial charge on any atom is -0.481 e. The lowest BCUT2D eigenvalue weighted by molar-refractivity contribution is -0.136. The molecule has 1 aliphatic carbocycles. The average molecular weight is 426 g/mol. The van der Waals surface area contributed by atoms with Gasteiger partial charge in [0.25, 0.3) is 0 Å². The minimum absolute atomic E-state index is 0.0110. The highest BCUT2D eigenvalue weighted by Crippen LogP contribution is 2.42. The fourth-order valence-electron chi connectivity index (χ4n) is 4.78. The first-order chi connectivity index (χ1) is 15.7. The van der Waals surface area contributed by atoms with Gasteiger partial charge in [-0.1, -0.05) is 24.3 Å². The Bertz CT molecular complexity index is 1390. The van der Waals surface area contributed by atoms with E-state index >= 15 is 0 Å². The zero-order chi connectivity index (χ0) is 21.7. The van der Waals surface area contributed by atoms with Crippen molar-refractivity contribution in [3.8, 4) is 22.5 Å². The zero-order valence-corrected chi connectivity index (χ0v) is 17.9. The number of fused-ring (bicyclic) bond motifs is 2. The van der Waals surface area contributed by atoms with Crippen LogP contribution in [-0.4, -0.2) is 37.3 Å². The minimum atomic E-state index is -0.827. The van der Waals surface area contributed by atoms with Gasteiger partial charge in [0.1, 0.15) is 24.4 Å². The van der Waals surface area contributed by atoms with Crippen LogP contribution in [0.1, 0.15) is 18.4 Å². The highest BCUT2D eigenvalue weighted by molar-refractivity contribution is 6.03. The van der Waals surface area contributed by atoms with Gasteiger partial charge in [-0.3, -0.25) is 4.79 Å². The molecule has 4 aliphatic rings. The van der Waals surface area contributed by atoms with E-state index < -0.39 is 5.97 Å². The number of hydrogen-bond acceptors (Lipinski definition) is 3. The van der Waals surface area contributed by atoms with Gasteiger partial charge in [0, 0.05) is 47.4 Å². The number of benzene rings is 3. The summed E-state index contributed by atoms with van der Waals surface area (Å²) >= 11 is 0. The summed E-state index contributed by atoms with van der Waals surface area (Å²) in [5.41, 5.74) is 5.83. The Labute approximate surface area is 186 Å². The summed E-state index contributed by atoms with van der Waals surface area (Å²) in [7, 11) is 0. The summed E-state index contributed by atoms with van der Waals surface area (Å²) in [5, 5.41) is 11.7. The summed E-state index contributed by atoms with van der Waals surface area (Å²) in [4.78, 5) is 13.9. The van der Waals surface area contributed by atoms with Crippen molar-refractivity contribution in [1.82, 2.24) is 4.58 Å². The second-order valence-corrected chi connectivity index (χ2v) is 8.75. The van der Waals surface area contributed by atoms with Crippen molar-refractivity contribution in [2.75, 3.05) is 31.1 Å². The maximum atomic E-state index is 11.6. The van der Waals surface area contributed by atoms with Crippen molar-refractivity contribution in [3.63, 3.8) is 0 Å². The molecule has 2 aromatic carbocycles. The monoisotopic (exact) mass is 425 g/mol. The van der Waals surface area contributed by atoms with Crippen LogP contribution in [0.3, 0.4) is 0 Å². The fourth-order valence-corrected chi connectivity index (χ4v) is 4.78. The Morgan fingerprint density at radius 3 is 2.53 bits per heavy atom. The molecule has 5 heteroatoms. The fraction of sp³-hybridized carbons (Fsp3) is 0.259. The number of nitrogens with zero attached hydrogens (tertiary/aromatic N) is 2. The summed E-state index contributed by atoms with van der Waals surface area (Å²) in [6.07, 6.45) is 2.43. The molecular weight excluding hydrogens is 400 g/mol. The third kappa shape index (κ3) is 3.16. The predicted molar refractivity (Wildman–Crippen MR) is 126 cm³/mol. The Morgan fingerprint density at radius 1 is 0.969 bits per heavy atom. The van der Waals surface area contributed by atoms with Crippen LogP contribution >= 0.6 is 0 Å². The normalized spacial score (nSPS) is 15.6. The standard InChI is InChI=1S/C27H24N2O3/c30-26(31)15-18-5-1-2-6-21(18)27-22-9-7-19(28-11-3-12-28)16-24(22)32-25-17-20(8-10-23(25)27)29-13-4-14-29/h1-2,5-10,16-17H,3-4,11-15H2/p+1. The third-order valence-corrected chi connectivity index (χ3v) is 6.76. The summed E-state index contributed by atoms with van der Waals surface area (Å²) < 4.78 is 8.83.